The van der Waals surface area contributed by atoms with Crippen molar-refractivity contribution in [3.63, 3.8) is 0 Å². The zero-order valence-electron chi connectivity index (χ0n) is 18.3. The maximum Gasteiger partial charge on any atom is 0.267 e. The van der Waals surface area contributed by atoms with E-state index in [4.69, 9.17) is 4.18 Å². The van der Waals surface area contributed by atoms with Gasteiger partial charge in [0.15, 0.2) is 0 Å². The lowest BCUT2D eigenvalue weighted by Gasteiger charge is -2.40. The van der Waals surface area contributed by atoms with E-state index in [1.165, 1.54) is 70.6 Å². The first-order chi connectivity index (χ1) is 12.9. The Morgan fingerprint density at radius 3 is 1.59 bits per heavy atom. The maximum atomic E-state index is 12.0. The number of rotatable bonds is 18. The SMILES string of the molecule is CCCCCCCCCCCCCCCCS(=O)(=O)OC1CN(C(C)C)C1. The van der Waals surface area contributed by atoms with Crippen LogP contribution in [-0.4, -0.2) is 44.3 Å². The third-order valence-corrected chi connectivity index (χ3v) is 6.99. The summed E-state index contributed by atoms with van der Waals surface area (Å²) in [4.78, 5) is 2.23. The van der Waals surface area contributed by atoms with Crippen molar-refractivity contribution in [3.8, 4) is 0 Å². The summed E-state index contributed by atoms with van der Waals surface area (Å²) in [5, 5.41) is 0. The molecule has 0 aliphatic carbocycles. The van der Waals surface area contributed by atoms with Gasteiger partial charge in [-0.15, -0.1) is 0 Å². The number of unbranched alkanes of at least 4 members (excludes halogenated alkanes) is 13. The molecular weight excluding hydrogens is 358 g/mol. The quantitative estimate of drug-likeness (QED) is 0.211. The van der Waals surface area contributed by atoms with E-state index in [1.807, 2.05) is 0 Å². The fraction of sp³-hybridized carbons (Fsp3) is 1.00. The number of hydrogen-bond acceptors (Lipinski definition) is 4. The Kier molecular flexibility index (Phi) is 13.7. The third kappa shape index (κ3) is 12.8. The molecule has 0 aromatic heterocycles. The van der Waals surface area contributed by atoms with Gasteiger partial charge in [-0.25, -0.2) is 0 Å². The van der Waals surface area contributed by atoms with Crippen molar-refractivity contribution in [1.29, 1.82) is 0 Å². The van der Waals surface area contributed by atoms with Crippen LogP contribution in [0.5, 0.6) is 0 Å². The molecule has 1 aliphatic rings. The van der Waals surface area contributed by atoms with Crippen molar-refractivity contribution in [3.05, 3.63) is 0 Å². The minimum Gasteiger partial charge on any atom is -0.296 e. The number of nitrogens with zero attached hydrogens (tertiary/aromatic N) is 1. The van der Waals surface area contributed by atoms with Crippen LogP contribution in [0.25, 0.3) is 0 Å². The molecule has 0 saturated carbocycles. The normalized spacial score (nSPS) is 16.1. The summed E-state index contributed by atoms with van der Waals surface area (Å²) in [6.07, 6.45) is 17.8. The van der Waals surface area contributed by atoms with Gasteiger partial charge in [-0.2, -0.15) is 8.42 Å². The second-order valence-electron chi connectivity index (χ2n) is 8.62. The standard InChI is InChI=1S/C22H45NO3S/c1-4-5-6-7-8-9-10-11-12-13-14-15-16-17-18-27(24,25)26-22-19-23(20-22)21(2)3/h21-22H,4-20H2,1-3H3. The van der Waals surface area contributed by atoms with Crippen LogP contribution in [0.2, 0.25) is 0 Å². The van der Waals surface area contributed by atoms with Gasteiger partial charge in [-0.3, -0.25) is 9.08 Å². The highest BCUT2D eigenvalue weighted by molar-refractivity contribution is 7.86. The topological polar surface area (TPSA) is 46.6 Å². The van der Waals surface area contributed by atoms with Crippen molar-refractivity contribution in [2.24, 2.45) is 0 Å². The molecule has 0 amide bonds. The van der Waals surface area contributed by atoms with E-state index >= 15 is 0 Å². The zero-order chi connectivity index (χ0) is 20.0. The molecule has 1 heterocycles. The molecule has 162 valence electrons. The van der Waals surface area contributed by atoms with Gasteiger partial charge in [-0.1, -0.05) is 90.4 Å². The molecule has 1 saturated heterocycles. The smallest absolute Gasteiger partial charge is 0.267 e. The van der Waals surface area contributed by atoms with Crippen LogP contribution < -0.4 is 0 Å². The van der Waals surface area contributed by atoms with Gasteiger partial charge < -0.3 is 0 Å². The highest BCUT2D eigenvalue weighted by Gasteiger charge is 2.32. The highest BCUT2D eigenvalue weighted by atomic mass is 32.2. The van der Waals surface area contributed by atoms with Crippen LogP contribution in [-0.2, 0) is 14.3 Å². The molecule has 0 aromatic carbocycles. The summed E-state index contributed by atoms with van der Waals surface area (Å²) in [6.45, 7) is 8.01. The lowest BCUT2D eigenvalue weighted by Crippen LogP contribution is -2.55. The fourth-order valence-electron chi connectivity index (χ4n) is 3.68. The second kappa shape index (κ2) is 14.8. The minimum atomic E-state index is -3.33. The highest BCUT2D eigenvalue weighted by Crippen LogP contribution is 2.18. The average Bonchev–Trinajstić information content (AvgIpc) is 2.57. The molecule has 0 radical (unpaired) electrons. The lowest BCUT2D eigenvalue weighted by molar-refractivity contribution is 0.00401. The molecule has 0 bridgehead atoms. The van der Waals surface area contributed by atoms with E-state index in [0.717, 1.165) is 32.4 Å². The van der Waals surface area contributed by atoms with Gasteiger partial charge in [0.2, 0.25) is 0 Å². The summed E-state index contributed by atoms with van der Waals surface area (Å²) in [5.41, 5.74) is 0. The largest absolute Gasteiger partial charge is 0.296 e. The predicted molar refractivity (Wildman–Crippen MR) is 116 cm³/mol. The average molecular weight is 404 g/mol. The van der Waals surface area contributed by atoms with Crippen LogP contribution >= 0.6 is 0 Å². The van der Waals surface area contributed by atoms with Gasteiger partial charge in [-0.05, 0) is 20.3 Å². The molecule has 5 heteroatoms. The number of likely N-dealkylation sites (tertiary alicyclic amines) is 1. The maximum absolute atomic E-state index is 12.0. The van der Waals surface area contributed by atoms with Crippen molar-refractivity contribution in [2.45, 2.75) is 123 Å². The van der Waals surface area contributed by atoms with E-state index in [1.54, 1.807) is 0 Å². The van der Waals surface area contributed by atoms with Crippen LogP contribution in [0.4, 0.5) is 0 Å². The Balaban J connectivity index is 1.84. The molecule has 4 nitrogen and oxygen atoms in total. The van der Waals surface area contributed by atoms with Gasteiger partial charge in [0.05, 0.1) is 5.75 Å². The van der Waals surface area contributed by atoms with E-state index in [0.29, 0.717) is 6.04 Å². The van der Waals surface area contributed by atoms with E-state index in [-0.39, 0.29) is 11.9 Å². The Hall–Kier alpha value is -0.130. The van der Waals surface area contributed by atoms with Gasteiger partial charge in [0, 0.05) is 19.1 Å². The van der Waals surface area contributed by atoms with Crippen LogP contribution in [0, 0.1) is 0 Å². The Bertz CT molecular complexity index is 444. The molecule has 0 N–H and O–H groups in total. The molecule has 0 aromatic rings. The lowest BCUT2D eigenvalue weighted by atomic mass is 10.0. The first kappa shape index (κ1) is 24.9. The van der Waals surface area contributed by atoms with Crippen molar-refractivity contribution in [1.82, 2.24) is 4.90 Å². The van der Waals surface area contributed by atoms with Crippen LogP contribution in [0.1, 0.15) is 111 Å². The summed E-state index contributed by atoms with van der Waals surface area (Å²) < 4.78 is 29.3. The minimum absolute atomic E-state index is 0.121. The summed E-state index contributed by atoms with van der Waals surface area (Å²) in [5.74, 6) is 0.184. The van der Waals surface area contributed by atoms with Crippen molar-refractivity contribution in [2.75, 3.05) is 18.8 Å². The fourth-order valence-corrected chi connectivity index (χ4v) is 4.87. The first-order valence-corrected chi connectivity index (χ1v) is 13.2. The van der Waals surface area contributed by atoms with E-state index < -0.39 is 10.1 Å². The van der Waals surface area contributed by atoms with Crippen molar-refractivity contribution >= 4 is 10.1 Å². The van der Waals surface area contributed by atoms with Crippen LogP contribution in [0.3, 0.4) is 0 Å². The molecule has 1 rings (SSSR count). The molecule has 0 spiro atoms. The summed E-state index contributed by atoms with van der Waals surface area (Å²) in [7, 11) is -3.33. The predicted octanol–water partition coefficient (Wildman–Crippen LogP) is 5.91. The zero-order valence-corrected chi connectivity index (χ0v) is 19.1. The molecular formula is C22H45NO3S. The second-order valence-corrected chi connectivity index (χ2v) is 10.3. The summed E-state index contributed by atoms with van der Waals surface area (Å²) >= 11 is 0. The Morgan fingerprint density at radius 2 is 1.19 bits per heavy atom. The van der Waals surface area contributed by atoms with E-state index in [2.05, 4.69) is 25.7 Å². The van der Waals surface area contributed by atoms with Gasteiger partial charge in [0.25, 0.3) is 10.1 Å². The molecule has 27 heavy (non-hydrogen) atoms. The van der Waals surface area contributed by atoms with Crippen LogP contribution in [0.15, 0.2) is 0 Å². The van der Waals surface area contributed by atoms with E-state index in [9.17, 15) is 8.42 Å². The molecule has 0 atom stereocenters. The Morgan fingerprint density at radius 1 is 0.778 bits per heavy atom. The third-order valence-electron chi connectivity index (χ3n) is 5.64. The van der Waals surface area contributed by atoms with Gasteiger partial charge in [0.1, 0.15) is 6.10 Å². The molecule has 1 aliphatic heterocycles. The Labute approximate surface area is 169 Å². The summed E-state index contributed by atoms with van der Waals surface area (Å²) in [6, 6.07) is 0.471. The van der Waals surface area contributed by atoms with Gasteiger partial charge >= 0.3 is 0 Å². The van der Waals surface area contributed by atoms with Crippen molar-refractivity contribution < 1.29 is 12.6 Å². The number of hydrogen-bond donors (Lipinski definition) is 0. The monoisotopic (exact) mass is 403 g/mol. The molecule has 0 unspecified atom stereocenters. The molecule has 1 fully saturated rings. The first-order valence-electron chi connectivity index (χ1n) is 11.6.